The van der Waals surface area contributed by atoms with Crippen LogP contribution in [0.15, 0.2) is 23.1 Å². The van der Waals surface area contributed by atoms with Gasteiger partial charge in [0.15, 0.2) is 11.5 Å². The number of ether oxygens (including phenoxy) is 2. The molecule has 2 fully saturated rings. The minimum Gasteiger partial charge on any atom is -0.454 e. The lowest BCUT2D eigenvalue weighted by Gasteiger charge is -2.23. The SMILES string of the molecule is O=C(CCN1C(=O)/C(=C\c2ccc3c(c2)OCO3)SC1=S)NC1CCCCC1. The van der Waals surface area contributed by atoms with Crippen molar-refractivity contribution in [2.24, 2.45) is 0 Å². The first kappa shape index (κ1) is 19.3. The average Bonchev–Trinajstić information content (AvgIpc) is 3.25. The van der Waals surface area contributed by atoms with Gasteiger partial charge in [0.2, 0.25) is 12.7 Å². The lowest BCUT2D eigenvalue weighted by molar-refractivity contribution is -0.124. The number of carbonyl (C=O) groups is 2. The van der Waals surface area contributed by atoms with Crippen LogP contribution in [0.1, 0.15) is 44.1 Å². The molecule has 6 nitrogen and oxygen atoms in total. The van der Waals surface area contributed by atoms with Crippen molar-refractivity contribution in [2.45, 2.75) is 44.6 Å². The largest absolute Gasteiger partial charge is 0.454 e. The molecule has 1 aromatic rings. The molecule has 1 saturated heterocycles. The number of carbonyl (C=O) groups excluding carboxylic acids is 2. The van der Waals surface area contributed by atoms with E-state index in [1.807, 2.05) is 18.2 Å². The molecule has 0 atom stereocenters. The maximum atomic E-state index is 12.7. The maximum Gasteiger partial charge on any atom is 0.266 e. The Labute approximate surface area is 173 Å². The summed E-state index contributed by atoms with van der Waals surface area (Å²) in [5.41, 5.74) is 0.847. The first-order valence-electron chi connectivity index (χ1n) is 9.54. The van der Waals surface area contributed by atoms with Gasteiger partial charge in [0.1, 0.15) is 4.32 Å². The lowest BCUT2D eigenvalue weighted by Crippen LogP contribution is -2.39. The summed E-state index contributed by atoms with van der Waals surface area (Å²) in [5, 5.41) is 3.08. The van der Waals surface area contributed by atoms with Crippen molar-refractivity contribution in [3.63, 3.8) is 0 Å². The van der Waals surface area contributed by atoms with Crippen molar-refractivity contribution in [3.05, 3.63) is 28.7 Å². The summed E-state index contributed by atoms with van der Waals surface area (Å²) in [6.07, 6.45) is 7.74. The number of amides is 2. The maximum absolute atomic E-state index is 12.7. The van der Waals surface area contributed by atoms with Gasteiger partial charge in [0, 0.05) is 19.0 Å². The number of hydrogen-bond acceptors (Lipinski definition) is 6. The summed E-state index contributed by atoms with van der Waals surface area (Å²) in [5.74, 6) is 1.20. The van der Waals surface area contributed by atoms with Gasteiger partial charge in [-0.05, 0) is 36.6 Å². The summed E-state index contributed by atoms with van der Waals surface area (Å²) in [4.78, 5) is 27.0. The Kier molecular flexibility index (Phi) is 5.87. The van der Waals surface area contributed by atoms with Crippen LogP contribution >= 0.6 is 24.0 Å². The quantitative estimate of drug-likeness (QED) is 0.584. The van der Waals surface area contributed by atoms with E-state index in [-0.39, 0.29) is 31.1 Å². The van der Waals surface area contributed by atoms with Crippen molar-refractivity contribution in [3.8, 4) is 11.5 Å². The van der Waals surface area contributed by atoms with Gasteiger partial charge in [0.05, 0.1) is 4.91 Å². The summed E-state index contributed by atoms with van der Waals surface area (Å²) in [7, 11) is 0. The summed E-state index contributed by atoms with van der Waals surface area (Å²) < 4.78 is 11.2. The van der Waals surface area contributed by atoms with Gasteiger partial charge in [-0.15, -0.1) is 0 Å². The number of thioether (sulfide) groups is 1. The van der Waals surface area contributed by atoms with Crippen LogP contribution in [0.5, 0.6) is 11.5 Å². The van der Waals surface area contributed by atoms with E-state index in [1.54, 1.807) is 6.08 Å². The Bertz CT molecular complexity index is 833. The molecule has 148 valence electrons. The van der Waals surface area contributed by atoms with Crippen LogP contribution in [0, 0.1) is 0 Å². The third-order valence-electron chi connectivity index (χ3n) is 5.10. The fourth-order valence-corrected chi connectivity index (χ4v) is 4.92. The van der Waals surface area contributed by atoms with E-state index in [0.29, 0.717) is 27.3 Å². The van der Waals surface area contributed by atoms with Crippen LogP contribution in [0.4, 0.5) is 0 Å². The van der Waals surface area contributed by atoms with Gasteiger partial charge in [-0.25, -0.2) is 0 Å². The Balaban J connectivity index is 1.35. The zero-order valence-electron chi connectivity index (χ0n) is 15.4. The standard InChI is InChI=1S/C20H22N2O4S2/c23-18(21-14-4-2-1-3-5-14)8-9-22-19(24)17(28-20(22)27)11-13-6-7-15-16(10-13)26-12-25-15/h6-7,10-11,14H,1-5,8-9,12H2,(H,21,23)/b17-11+. The van der Waals surface area contributed by atoms with Gasteiger partial charge < -0.3 is 14.8 Å². The van der Waals surface area contributed by atoms with E-state index >= 15 is 0 Å². The van der Waals surface area contributed by atoms with Gasteiger partial charge in [0.25, 0.3) is 5.91 Å². The van der Waals surface area contributed by atoms with Crippen molar-refractivity contribution in [1.82, 2.24) is 10.2 Å². The summed E-state index contributed by atoms with van der Waals surface area (Å²) in [6.45, 7) is 0.519. The highest BCUT2D eigenvalue weighted by Gasteiger charge is 2.32. The number of nitrogens with zero attached hydrogens (tertiary/aromatic N) is 1. The van der Waals surface area contributed by atoms with Crippen LogP contribution in [0.25, 0.3) is 6.08 Å². The van der Waals surface area contributed by atoms with Crippen LogP contribution in [0.3, 0.4) is 0 Å². The summed E-state index contributed by atoms with van der Waals surface area (Å²) >= 11 is 6.62. The zero-order chi connectivity index (χ0) is 19.5. The van der Waals surface area contributed by atoms with Crippen LogP contribution in [0.2, 0.25) is 0 Å². The molecule has 0 radical (unpaired) electrons. The van der Waals surface area contributed by atoms with Crippen molar-refractivity contribution in [1.29, 1.82) is 0 Å². The third-order valence-corrected chi connectivity index (χ3v) is 6.48. The number of nitrogens with one attached hydrogen (secondary N) is 1. The number of hydrogen-bond donors (Lipinski definition) is 1. The normalized spacial score (nSPS) is 20.9. The minimum atomic E-state index is -0.155. The minimum absolute atomic E-state index is 0.0132. The Hall–Kier alpha value is -2.06. The van der Waals surface area contributed by atoms with Gasteiger partial charge in [-0.2, -0.15) is 0 Å². The molecule has 2 aliphatic heterocycles. The molecular weight excluding hydrogens is 396 g/mol. The van der Waals surface area contributed by atoms with Gasteiger partial charge in [-0.1, -0.05) is 49.3 Å². The molecule has 1 aromatic carbocycles. The number of thiocarbonyl (C=S) groups is 1. The predicted octanol–water partition coefficient (Wildman–Crippen LogP) is 3.46. The Morgan fingerprint density at radius 3 is 2.86 bits per heavy atom. The van der Waals surface area contributed by atoms with E-state index in [9.17, 15) is 9.59 Å². The molecule has 3 aliphatic rings. The molecule has 0 bridgehead atoms. The molecular formula is C20H22N2O4S2. The van der Waals surface area contributed by atoms with E-state index in [1.165, 1.54) is 35.9 Å². The average molecular weight is 419 g/mol. The van der Waals surface area contributed by atoms with Crippen LogP contribution < -0.4 is 14.8 Å². The molecule has 0 spiro atoms. The molecule has 4 rings (SSSR count). The number of fused-ring (bicyclic) bond motifs is 1. The molecule has 0 aromatic heterocycles. The fourth-order valence-electron chi connectivity index (χ4n) is 3.61. The van der Waals surface area contributed by atoms with Crippen molar-refractivity contribution < 1.29 is 19.1 Å². The number of rotatable bonds is 5. The molecule has 1 N–H and O–H groups in total. The molecule has 0 unspecified atom stereocenters. The van der Waals surface area contributed by atoms with E-state index in [4.69, 9.17) is 21.7 Å². The lowest BCUT2D eigenvalue weighted by atomic mass is 9.95. The predicted molar refractivity (Wildman–Crippen MR) is 112 cm³/mol. The molecule has 8 heteroatoms. The zero-order valence-corrected chi connectivity index (χ0v) is 17.1. The smallest absolute Gasteiger partial charge is 0.266 e. The van der Waals surface area contributed by atoms with Crippen LogP contribution in [-0.4, -0.2) is 40.4 Å². The molecule has 2 heterocycles. The first-order chi connectivity index (χ1) is 13.6. The molecule has 1 saturated carbocycles. The number of benzene rings is 1. The Morgan fingerprint density at radius 1 is 1.25 bits per heavy atom. The second kappa shape index (κ2) is 8.53. The third kappa shape index (κ3) is 4.33. The monoisotopic (exact) mass is 418 g/mol. The highest BCUT2D eigenvalue weighted by molar-refractivity contribution is 8.26. The van der Waals surface area contributed by atoms with E-state index < -0.39 is 0 Å². The van der Waals surface area contributed by atoms with Gasteiger partial charge >= 0.3 is 0 Å². The van der Waals surface area contributed by atoms with Crippen molar-refractivity contribution in [2.75, 3.05) is 13.3 Å². The molecule has 2 amide bonds. The fraction of sp³-hybridized carbons (Fsp3) is 0.450. The second-order valence-corrected chi connectivity index (χ2v) is 8.77. The summed E-state index contributed by atoms with van der Waals surface area (Å²) in [6, 6.07) is 5.81. The topological polar surface area (TPSA) is 67.9 Å². The highest BCUT2D eigenvalue weighted by Crippen LogP contribution is 2.36. The van der Waals surface area contributed by atoms with Gasteiger partial charge in [-0.3, -0.25) is 14.5 Å². The van der Waals surface area contributed by atoms with Crippen molar-refractivity contribution >= 4 is 46.2 Å². The highest BCUT2D eigenvalue weighted by atomic mass is 32.2. The first-order valence-corrected chi connectivity index (χ1v) is 10.8. The molecule has 28 heavy (non-hydrogen) atoms. The molecule has 1 aliphatic carbocycles. The van der Waals surface area contributed by atoms with Crippen LogP contribution in [-0.2, 0) is 9.59 Å². The van der Waals surface area contributed by atoms with E-state index in [0.717, 1.165) is 18.4 Å². The second-order valence-electron chi connectivity index (χ2n) is 7.10. The van der Waals surface area contributed by atoms with E-state index in [2.05, 4.69) is 5.32 Å². The Morgan fingerprint density at radius 2 is 2.04 bits per heavy atom.